The van der Waals surface area contributed by atoms with E-state index in [2.05, 4.69) is 22.4 Å². The average Bonchev–Trinajstić information content (AvgIpc) is 2.90. The van der Waals surface area contributed by atoms with E-state index in [1.54, 1.807) is 12.4 Å². The van der Waals surface area contributed by atoms with Crippen molar-refractivity contribution in [2.24, 2.45) is 0 Å². The third-order valence-electron chi connectivity index (χ3n) is 2.41. The Morgan fingerprint density at radius 2 is 1.81 bits per heavy atom. The molecule has 0 aromatic carbocycles. The Balaban J connectivity index is 1.66. The summed E-state index contributed by atoms with van der Waals surface area (Å²) in [5.74, 6) is 0. The van der Waals surface area contributed by atoms with Crippen molar-refractivity contribution in [3.05, 3.63) is 36.9 Å². The molecule has 5 heteroatoms. The molecule has 2 aromatic heterocycles. The van der Waals surface area contributed by atoms with E-state index in [1.807, 2.05) is 33.9 Å². The van der Waals surface area contributed by atoms with Crippen molar-refractivity contribution in [1.29, 1.82) is 0 Å². The Morgan fingerprint density at radius 3 is 2.44 bits per heavy atom. The van der Waals surface area contributed by atoms with Crippen LogP contribution in [0.5, 0.6) is 0 Å². The van der Waals surface area contributed by atoms with Gasteiger partial charge in [0.05, 0.1) is 13.1 Å². The highest BCUT2D eigenvalue weighted by Gasteiger charge is 2.01. The minimum Gasteiger partial charge on any atom is -0.311 e. The molecule has 0 radical (unpaired) electrons. The molecule has 0 aliphatic carbocycles. The second-order valence-electron chi connectivity index (χ2n) is 3.85. The van der Waals surface area contributed by atoms with Gasteiger partial charge in [0.2, 0.25) is 0 Å². The predicted octanol–water partition coefficient (Wildman–Crippen LogP) is 0.758. The Kier molecular flexibility index (Phi) is 3.71. The second kappa shape index (κ2) is 5.46. The summed E-state index contributed by atoms with van der Waals surface area (Å²) in [7, 11) is 0. The highest BCUT2D eigenvalue weighted by atomic mass is 15.3. The van der Waals surface area contributed by atoms with Crippen LogP contribution in [-0.4, -0.2) is 32.1 Å². The molecule has 1 N–H and O–H groups in total. The van der Waals surface area contributed by atoms with Crippen LogP contribution in [0.15, 0.2) is 36.9 Å². The van der Waals surface area contributed by atoms with Crippen molar-refractivity contribution < 1.29 is 0 Å². The number of nitrogens with zero attached hydrogens (tertiary/aromatic N) is 4. The lowest BCUT2D eigenvalue weighted by Gasteiger charge is -2.13. The number of aromatic nitrogens is 4. The first-order valence-corrected chi connectivity index (χ1v) is 5.53. The third kappa shape index (κ3) is 3.20. The highest BCUT2D eigenvalue weighted by molar-refractivity contribution is 4.79. The Morgan fingerprint density at radius 1 is 1.12 bits per heavy atom. The molecular weight excluding hydrogens is 202 g/mol. The number of rotatable bonds is 6. The van der Waals surface area contributed by atoms with Crippen LogP contribution in [0.4, 0.5) is 0 Å². The SMILES string of the molecule is C[C@H](Cn1cccn1)NCCn1cccn1. The molecule has 0 aliphatic rings. The van der Waals surface area contributed by atoms with E-state index in [9.17, 15) is 0 Å². The van der Waals surface area contributed by atoms with Crippen molar-refractivity contribution >= 4 is 0 Å². The normalized spacial score (nSPS) is 12.8. The first-order chi connectivity index (χ1) is 7.84. The van der Waals surface area contributed by atoms with Gasteiger partial charge in [0.15, 0.2) is 0 Å². The van der Waals surface area contributed by atoms with Gasteiger partial charge in [-0.1, -0.05) is 0 Å². The maximum Gasteiger partial charge on any atom is 0.0559 e. The monoisotopic (exact) mass is 219 g/mol. The fourth-order valence-electron chi connectivity index (χ4n) is 1.61. The Bertz CT molecular complexity index is 378. The largest absolute Gasteiger partial charge is 0.311 e. The van der Waals surface area contributed by atoms with Gasteiger partial charge in [0.25, 0.3) is 0 Å². The summed E-state index contributed by atoms with van der Waals surface area (Å²) in [6.45, 7) is 4.87. The molecule has 0 amide bonds. The standard InChI is InChI=1S/C11H17N5/c1-11(10-16-8-3-5-14-16)12-6-9-15-7-2-4-13-15/h2-5,7-8,11-12H,6,9-10H2,1H3/t11-/m1/s1. The molecule has 0 spiro atoms. The van der Waals surface area contributed by atoms with E-state index >= 15 is 0 Å². The minimum atomic E-state index is 0.412. The average molecular weight is 219 g/mol. The smallest absolute Gasteiger partial charge is 0.0559 e. The van der Waals surface area contributed by atoms with Gasteiger partial charge in [-0.2, -0.15) is 10.2 Å². The Hall–Kier alpha value is -1.62. The summed E-state index contributed by atoms with van der Waals surface area (Å²) in [5.41, 5.74) is 0. The Labute approximate surface area is 95.1 Å². The summed E-state index contributed by atoms with van der Waals surface area (Å²) in [6, 6.07) is 4.29. The number of nitrogens with one attached hydrogen (secondary N) is 1. The summed E-state index contributed by atoms with van der Waals surface area (Å²) in [6.07, 6.45) is 7.55. The van der Waals surface area contributed by atoms with Gasteiger partial charge >= 0.3 is 0 Å². The van der Waals surface area contributed by atoms with E-state index in [-0.39, 0.29) is 0 Å². The molecule has 5 nitrogen and oxygen atoms in total. The van der Waals surface area contributed by atoms with Gasteiger partial charge in [-0.05, 0) is 19.1 Å². The zero-order valence-electron chi connectivity index (χ0n) is 9.45. The van der Waals surface area contributed by atoms with Crippen LogP contribution in [0.2, 0.25) is 0 Å². The quantitative estimate of drug-likeness (QED) is 0.780. The zero-order chi connectivity index (χ0) is 11.2. The zero-order valence-corrected chi connectivity index (χ0v) is 9.45. The summed E-state index contributed by atoms with van der Waals surface area (Å²) in [5, 5.41) is 11.8. The molecule has 2 heterocycles. The van der Waals surface area contributed by atoms with Crippen molar-refractivity contribution in [3.8, 4) is 0 Å². The lowest BCUT2D eigenvalue weighted by Crippen LogP contribution is -2.33. The molecule has 2 rings (SSSR count). The van der Waals surface area contributed by atoms with Crippen LogP contribution in [0.25, 0.3) is 0 Å². The van der Waals surface area contributed by atoms with E-state index in [0.29, 0.717) is 6.04 Å². The lowest BCUT2D eigenvalue weighted by atomic mass is 10.3. The van der Waals surface area contributed by atoms with Gasteiger partial charge in [-0.15, -0.1) is 0 Å². The van der Waals surface area contributed by atoms with E-state index < -0.39 is 0 Å². The van der Waals surface area contributed by atoms with Gasteiger partial charge in [0, 0.05) is 37.4 Å². The molecular formula is C11H17N5. The van der Waals surface area contributed by atoms with Crippen LogP contribution < -0.4 is 5.32 Å². The number of hydrogen-bond donors (Lipinski definition) is 1. The molecule has 1 atom stereocenters. The fraction of sp³-hybridized carbons (Fsp3) is 0.455. The molecule has 0 aliphatic heterocycles. The lowest BCUT2D eigenvalue weighted by molar-refractivity contribution is 0.432. The van der Waals surface area contributed by atoms with Crippen LogP contribution >= 0.6 is 0 Å². The summed E-state index contributed by atoms with van der Waals surface area (Å²) < 4.78 is 3.86. The van der Waals surface area contributed by atoms with Gasteiger partial charge in [-0.3, -0.25) is 9.36 Å². The summed E-state index contributed by atoms with van der Waals surface area (Å²) >= 11 is 0. The number of hydrogen-bond acceptors (Lipinski definition) is 3. The predicted molar refractivity (Wildman–Crippen MR) is 61.9 cm³/mol. The van der Waals surface area contributed by atoms with E-state index in [4.69, 9.17) is 0 Å². The first-order valence-electron chi connectivity index (χ1n) is 5.53. The molecule has 0 saturated carbocycles. The van der Waals surface area contributed by atoms with Crippen molar-refractivity contribution in [2.45, 2.75) is 26.1 Å². The molecule has 86 valence electrons. The van der Waals surface area contributed by atoms with E-state index in [0.717, 1.165) is 19.6 Å². The molecule has 0 saturated heterocycles. The third-order valence-corrected chi connectivity index (χ3v) is 2.41. The molecule has 0 unspecified atom stereocenters. The second-order valence-corrected chi connectivity index (χ2v) is 3.85. The van der Waals surface area contributed by atoms with Crippen molar-refractivity contribution in [1.82, 2.24) is 24.9 Å². The molecule has 0 bridgehead atoms. The summed E-state index contributed by atoms with van der Waals surface area (Å²) in [4.78, 5) is 0. The molecule has 2 aromatic rings. The molecule has 16 heavy (non-hydrogen) atoms. The first kappa shape index (κ1) is 10.9. The minimum absolute atomic E-state index is 0.412. The van der Waals surface area contributed by atoms with Gasteiger partial charge in [0.1, 0.15) is 0 Å². The molecule has 0 fully saturated rings. The fourth-order valence-corrected chi connectivity index (χ4v) is 1.61. The highest BCUT2D eigenvalue weighted by Crippen LogP contribution is 1.90. The van der Waals surface area contributed by atoms with Crippen molar-refractivity contribution in [3.63, 3.8) is 0 Å². The van der Waals surface area contributed by atoms with Crippen LogP contribution in [-0.2, 0) is 13.1 Å². The van der Waals surface area contributed by atoms with Gasteiger partial charge in [-0.25, -0.2) is 0 Å². The van der Waals surface area contributed by atoms with Crippen LogP contribution in [0.3, 0.4) is 0 Å². The van der Waals surface area contributed by atoms with Gasteiger partial charge < -0.3 is 5.32 Å². The maximum atomic E-state index is 4.17. The topological polar surface area (TPSA) is 47.7 Å². The van der Waals surface area contributed by atoms with E-state index in [1.165, 1.54) is 0 Å². The maximum absolute atomic E-state index is 4.17. The van der Waals surface area contributed by atoms with Crippen LogP contribution in [0.1, 0.15) is 6.92 Å². The van der Waals surface area contributed by atoms with Crippen molar-refractivity contribution in [2.75, 3.05) is 6.54 Å². The van der Waals surface area contributed by atoms with Crippen LogP contribution in [0, 0.1) is 0 Å².